The van der Waals surface area contributed by atoms with Gasteiger partial charge in [-0.05, 0) is 74.4 Å². The van der Waals surface area contributed by atoms with Crippen molar-refractivity contribution in [2.75, 3.05) is 32.1 Å². The number of nitrogens with one attached hydrogen (secondary N) is 2. The van der Waals surface area contributed by atoms with E-state index in [4.69, 9.17) is 9.94 Å². The normalized spacial score (nSPS) is 16.7. The molecule has 1 atom stereocenters. The zero-order valence-electron chi connectivity index (χ0n) is 26.1. The van der Waals surface area contributed by atoms with E-state index >= 15 is 0 Å². The molecule has 0 bridgehead atoms. The third-order valence-electron chi connectivity index (χ3n) is 8.39. The van der Waals surface area contributed by atoms with Gasteiger partial charge in [-0.25, -0.2) is 9.80 Å². The van der Waals surface area contributed by atoms with Crippen molar-refractivity contribution in [2.45, 2.75) is 78.4 Å². The highest BCUT2D eigenvalue weighted by Crippen LogP contribution is 2.25. The summed E-state index contributed by atoms with van der Waals surface area (Å²) in [5.41, 5.74) is 4.56. The van der Waals surface area contributed by atoms with E-state index in [1.807, 2.05) is 50.5 Å². The minimum atomic E-state index is -0.152. The van der Waals surface area contributed by atoms with E-state index < -0.39 is 0 Å². The number of carbonyl (C=O) groups excluding carboxylic acids is 3. The van der Waals surface area contributed by atoms with E-state index in [9.17, 15) is 14.4 Å². The Labute approximate surface area is 254 Å². The topological polar surface area (TPSA) is 119 Å². The monoisotopic (exact) mass is 591 g/mol. The van der Waals surface area contributed by atoms with Gasteiger partial charge in [0, 0.05) is 69.2 Å². The second-order valence-corrected chi connectivity index (χ2v) is 12.0. The van der Waals surface area contributed by atoms with Crippen LogP contribution < -0.4 is 10.6 Å². The van der Waals surface area contributed by atoms with Gasteiger partial charge in [0.2, 0.25) is 11.8 Å². The number of anilines is 1. The van der Waals surface area contributed by atoms with Gasteiger partial charge in [0.25, 0.3) is 0 Å². The molecule has 2 aromatic rings. The molecule has 0 fully saturated rings. The molecular formula is C32H45N7O4. The van der Waals surface area contributed by atoms with E-state index in [-0.39, 0.29) is 35.9 Å². The molecule has 3 heterocycles. The first kappa shape index (κ1) is 32.1. The van der Waals surface area contributed by atoms with Crippen molar-refractivity contribution in [1.82, 2.24) is 25.3 Å². The number of carbonyl (C=O) groups is 3. The quantitative estimate of drug-likeness (QED) is 0.261. The molecule has 1 unspecified atom stereocenters. The fourth-order valence-corrected chi connectivity index (χ4v) is 4.95. The van der Waals surface area contributed by atoms with Crippen molar-refractivity contribution < 1.29 is 19.2 Å². The minimum absolute atomic E-state index is 0.000261. The van der Waals surface area contributed by atoms with E-state index in [0.29, 0.717) is 38.3 Å². The fraction of sp³-hybridized carbons (Fsp3) is 0.531. The molecule has 2 N–H and O–H groups in total. The van der Waals surface area contributed by atoms with Crippen molar-refractivity contribution in [1.29, 1.82) is 0 Å². The van der Waals surface area contributed by atoms with Gasteiger partial charge in [-0.3, -0.25) is 19.4 Å². The van der Waals surface area contributed by atoms with Gasteiger partial charge in [0.1, 0.15) is 6.61 Å². The number of fused-ring (bicyclic) bond motifs is 1. The van der Waals surface area contributed by atoms with E-state index in [1.165, 1.54) is 0 Å². The SMILES string of the molecule is CCC(C)(C)N(C)OCC(=O)NCCCCCN1N=C(c2ccc(NC(=O)N3Cc4ccncc4C3)cc2)C(C)CC1=O. The Balaban J connectivity index is 1.20. The smallest absolute Gasteiger partial charge is 0.322 e. The summed E-state index contributed by atoms with van der Waals surface area (Å²) in [6.07, 6.45) is 7.33. The van der Waals surface area contributed by atoms with Crippen LogP contribution in [0.2, 0.25) is 0 Å². The largest absolute Gasteiger partial charge is 0.354 e. The van der Waals surface area contributed by atoms with Gasteiger partial charge in [-0.1, -0.05) is 26.0 Å². The Hall–Kier alpha value is -3.83. The van der Waals surface area contributed by atoms with E-state index in [2.05, 4.69) is 36.4 Å². The van der Waals surface area contributed by atoms with Crippen LogP contribution in [0.1, 0.15) is 76.5 Å². The molecule has 0 saturated heterocycles. The lowest BCUT2D eigenvalue weighted by Gasteiger charge is -2.33. The van der Waals surface area contributed by atoms with Gasteiger partial charge >= 0.3 is 6.03 Å². The highest BCUT2D eigenvalue weighted by Gasteiger charge is 2.28. The second-order valence-electron chi connectivity index (χ2n) is 12.0. The molecule has 0 aliphatic carbocycles. The lowest BCUT2D eigenvalue weighted by atomic mass is 9.93. The third kappa shape index (κ3) is 8.61. The van der Waals surface area contributed by atoms with Crippen LogP contribution in [0.5, 0.6) is 0 Å². The van der Waals surface area contributed by atoms with Crippen molar-refractivity contribution >= 4 is 29.2 Å². The number of hydroxylamine groups is 2. The Bertz CT molecular complexity index is 1290. The maximum Gasteiger partial charge on any atom is 0.322 e. The van der Waals surface area contributed by atoms with Crippen molar-refractivity contribution in [3.63, 3.8) is 0 Å². The number of aromatic nitrogens is 1. The third-order valence-corrected chi connectivity index (χ3v) is 8.39. The lowest BCUT2D eigenvalue weighted by molar-refractivity contribution is -0.198. The summed E-state index contributed by atoms with van der Waals surface area (Å²) in [5, 5.41) is 13.9. The molecule has 1 aromatic heterocycles. The summed E-state index contributed by atoms with van der Waals surface area (Å²) < 4.78 is 0. The first-order valence-corrected chi connectivity index (χ1v) is 15.2. The number of benzene rings is 1. The van der Waals surface area contributed by atoms with Crippen LogP contribution >= 0.6 is 0 Å². The zero-order chi connectivity index (χ0) is 31.0. The Morgan fingerprint density at radius 3 is 2.56 bits per heavy atom. The van der Waals surface area contributed by atoms with E-state index in [1.54, 1.807) is 21.2 Å². The number of urea groups is 1. The second kappa shape index (κ2) is 14.6. The highest BCUT2D eigenvalue weighted by atomic mass is 16.7. The van der Waals surface area contributed by atoms with Gasteiger partial charge in [-0.2, -0.15) is 10.2 Å². The number of hydrogen-bond acceptors (Lipinski definition) is 7. The van der Waals surface area contributed by atoms with Gasteiger partial charge in [0.05, 0.1) is 5.71 Å². The first-order chi connectivity index (χ1) is 20.6. The number of pyridine rings is 1. The maximum absolute atomic E-state index is 12.8. The molecule has 0 spiro atoms. The fourth-order valence-electron chi connectivity index (χ4n) is 4.95. The summed E-state index contributed by atoms with van der Waals surface area (Å²) in [5.74, 6) is -0.121. The molecule has 4 rings (SSSR count). The molecule has 0 saturated carbocycles. The van der Waals surface area contributed by atoms with E-state index in [0.717, 1.165) is 48.1 Å². The first-order valence-electron chi connectivity index (χ1n) is 15.2. The summed E-state index contributed by atoms with van der Waals surface area (Å²) in [7, 11) is 1.84. The molecule has 2 aliphatic heterocycles. The standard InChI is InChI=1S/C32H45N7O4/c1-6-32(3,4)37(5)43-22-28(40)34-15-8-7-9-17-39-29(41)18-23(2)30(36-39)24-10-12-27(13-11-24)35-31(42)38-20-25-14-16-33-19-26(25)21-38/h10-14,16,19,23H,6-9,15,17-18,20-22H2,1-5H3,(H,34,40)(H,35,42). The predicted octanol–water partition coefficient (Wildman–Crippen LogP) is 4.54. The number of hydrazone groups is 1. The number of amides is 4. The molecule has 0 radical (unpaired) electrons. The van der Waals surface area contributed by atoms with Gasteiger partial charge in [0.15, 0.2) is 0 Å². The Kier molecular flexibility index (Phi) is 10.9. The Morgan fingerprint density at radius 2 is 1.84 bits per heavy atom. The van der Waals surface area contributed by atoms with Gasteiger partial charge in [-0.15, -0.1) is 0 Å². The molecule has 11 heteroatoms. The molecule has 1 aromatic carbocycles. The van der Waals surface area contributed by atoms with Crippen molar-refractivity contribution in [3.05, 3.63) is 59.4 Å². The summed E-state index contributed by atoms with van der Waals surface area (Å²) in [6, 6.07) is 9.42. The highest BCUT2D eigenvalue weighted by molar-refractivity contribution is 6.06. The number of rotatable bonds is 13. The summed E-state index contributed by atoms with van der Waals surface area (Å²) in [6.45, 7) is 10.4. The average Bonchev–Trinajstić information content (AvgIpc) is 3.44. The van der Waals surface area contributed by atoms with Crippen molar-refractivity contribution in [3.8, 4) is 0 Å². The minimum Gasteiger partial charge on any atom is -0.354 e. The molecule has 2 aliphatic rings. The Morgan fingerprint density at radius 1 is 1.09 bits per heavy atom. The van der Waals surface area contributed by atoms with Crippen molar-refractivity contribution in [2.24, 2.45) is 11.0 Å². The molecule has 232 valence electrons. The zero-order valence-corrected chi connectivity index (χ0v) is 26.1. The number of unbranched alkanes of at least 4 members (excludes halogenated alkanes) is 2. The van der Waals surface area contributed by atoms with Crippen LogP contribution in [-0.4, -0.2) is 75.8 Å². The lowest BCUT2D eigenvalue weighted by Crippen LogP contribution is -2.42. The van der Waals surface area contributed by atoms with Crippen LogP contribution in [0.15, 0.2) is 47.8 Å². The van der Waals surface area contributed by atoms with Crippen LogP contribution in [0.25, 0.3) is 0 Å². The number of hydrogen-bond donors (Lipinski definition) is 2. The predicted molar refractivity (Wildman–Crippen MR) is 166 cm³/mol. The number of nitrogens with zero attached hydrogens (tertiary/aromatic N) is 5. The van der Waals surface area contributed by atoms with Crippen LogP contribution in [0.4, 0.5) is 10.5 Å². The van der Waals surface area contributed by atoms with Crippen LogP contribution in [0, 0.1) is 5.92 Å². The van der Waals surface area contributed by atoms with Crippen LogP contribution in [0.3, 0.4) is 0 Å². The van der Waals surface area contributed by atoms with Crippen LogP contribution in [-0.2, 0) is 27.5 Å². The summed E-state index contributed by atoms with van der Waals surface area (Å²) >= 11 is 0. The van der Waals surface area contributed by atoms with Gasteiger partial charge < -0.3 is 15.5 Å². The molecule has 11 nitrogen and oxygen atoms in total. The molecular weight excluding hydrogens is 546 g/mol. The summed E-state index contributed by atoms with van der Waals surface area (Å²) in [4.78, 5) is 49.1. The molecule has 4 amide bonds. The maximum atomic E-state index is 12.8. The molecule has 43 heavy (non-hydrogen) atoms. The average molecular weight is 592 g/mol.